The van der Waals surface area contributed by atoms with Crippen molar-refractivity contribution in [3.63, 3.8) is 0 Å². The maximum Gasteiger partial charge on any atom is 0.230 e. The third-order valence-electron chi connectivity index (χ3n) is 2.94. The smallest absolute Gasteiger partial charge is 0.230 e. The van der Waals surface area contributed by atoms with Gasteiger partial charge in [0.2, 0.25) is 11.9 Å². The fourth-order valence-electron chi connectivity index (χ4n) is 1.88. The minimum Gasteiger partial charge on any atom is -0.354 e. The molecule has 0 fully saturated rings. The first-order valence-electron chi connectivity index (χ1n) is 6.93. The van der Waals surface area contributed by atoms with Crippen LogP contribution >= 0.6 is 0 Å². The van der Waals surface area contributed by atoms with Crippen molar-refractivity contribution in [2.75, 3.05) is 29.9 Å². The largest absolute Gasteiger partial charge is 0.354 e. The van der Waals surface area contributed by atoms with Crippen LogP contribution in [-0.2, 0) is 0 Å². The van der Waals surface area contributed by atoms with Gasteiger partial charge in [-0.15, -0.1) is 0 Å². The third-order valence-corrected chi connectivity index (χ3v) is 2.94. The SMILES string of the molecule is CCNc1nc(-c2ccncc2)nc(N(CC)CC)n1. The van der Waals surface area contributed by atoms with E-state index < -0.39 is 0 Å². The van der Waals surface area contributed by atoms with E-state index in [-0.39, 0.29) is 0 Å². The first-order valence-corrected chi connectivity index (χ1v) is 6.93. The van der Waals surface area contributed by atoms with E-state index in [0.29, 0.717) is 17.7 Å². The number of rotatable bonds is 6. The number of nitrogens with zero attached hydrogens (tertiary/aromatic N) is 5. The van der Waals surface area contributed by atoms with Gasteiger partial charge in [0.25, 0.3) is 0 Å². The summed E-state index contributed by atoms with van der Waals surface area (Å²) in [7, 11) is 0. The lowest BCUT2D eigenvalue weighted by atomic mass is 10.2. The lowest BCUT2D eigenvalue weighted by Crippen LogP contribution is -2.25. The van der Waals surface area contributed by atoms with Gasteiger partial charge in [-0.1, -0.05) is 0 Å². The van der Waals surface area contributed by atoms with Gasteiger partial charge in [0.05, 0.1) is 0 Å². The van der Waals surface area contributed by atoms with Crippen LogP contribution in [0, 0.1) is 0 Å². The van der Waals surface area contributed by atoms with Crippen LogP contribution in [0.2, 0.25) is 0 Å². The summed E-state index contributed by atoms with van der Waals surface area (Å²) in [4.78, 5) is 19.6. The van der Waals surface area contributed by atoms with E-state index in [9.17, 15) is 0 Å². The van der Waals surface area contributed by atoms with Crippen LogP contribution in [0.1, 0.15) is 20.8 Å². The molecule has 0 radical (unpaired) electrons. The number of hydrogen-bond donors (Lipinski definition) is 1. The molecule has 2 heterocycles. The highest BCUT2D eigenvalue weighted by molar-refractivity contribution is 5.57. The second-order valence-electron chi connectivity index (χ2n) is 4.22. The van der Waals surface area contributed by atoms with E-state index in [2.05, 4.69) is 44.0 Å². The summed E-state index contributed by atoms with van der Waals surface area (Å²) >= 11 is 0. The Labute approximate surface area is 119 Å². The Balaban J connectivity index is 2.46. The van der Waals surface area contributed by atoms with Crippen LogP contribution in [0.15, 0.2) is 24.5 Å². The molecule has 0 saturated carbocycles. The average molecular weight is 272 g/mol. The van der Waals surface area contributed by atoms with E-state index in [4.69, 9.17) is 0 Å². The molecule has 0 atom stereocenters. The Bertz CT molecular complexity index is 539. The molecular weight excluding hydrogens is 252 g/mol. The monoisotopic (exact) mass is 272 g/mol. The van der Waals surface area contributed by atoms with Crippen molar-refractivity contribution in [3.8, 4) is 11.4 Å². The maximum atomic E-state index is 4.56. The Morgan fingerprint density at radius 2 is 1.70 bits per heavy atom. The summed E-state index contributed by atoms with van der Waals surface area (Å²) in [6.07, 6.45) is 3.48. The number of pyridine rings is 1. The van der Waals surface area contributed by atoms with Crippen molar-refractivity contribution in [2.45, 2.75) is 20.8 Å². The van der Waals surface area contributed by atoms with Crippen LogP contribution in [0.3, 0.4) is 0 Å². The van der Waals surface area contributed by atoms with Crippen LogP contribution in [0.25, 0.3) is 11.4 Å². The molecule has 0 aromatic carbocycles. The highest BCUT2D eigenvalue weighted by Crippen LogP contribution is 2.18. The summed E-state index contributed by atoms with van der Waals surface area (Å²) in [5.74, 6) is 1.98. The zero-order chi connectivity index (χ0) is 14.4. The molecular formula is C14H20N6. The van der Waals surface area contributed by atoms with Gasteiger partial charge >= 0.3 is 0 Å². The van der Waals surface area contributed by atoms with E-state index in [1.807, 2.05) is 19.1 Å². The van der Waals surface area contributed by atoms with Gasteiger partial charge in [0.15, 0.2) is 5.82 Å². The normalized spacial score (nSPS) is 10.3. The number of anilines is 2. The quantitative estimate of drug-likeness (QED) is 0.869. The van der Waals surface area contributed by atoms with Gasteiger partial charge < -0.3 is 10.2 Å². The Hall–Kier alpha value is -2.24. The Morgan fingerprint density at radius 1 is 1.00 bits per heavy atom. The molecule has 0 amide bonds. The molecule has 0 unspecified atom stereocenters. The molecule has 0 aliphatic heterocycles. The van der Waals surface area contributed by atoms with Gasteiger partial charge in [0.1, 0.15) is 0 Å². The van der Waals surface area contributed by atoms with Crippen LogP contribution in [0.5, 0.6) is 0 Å². The number of nitrogens with one attached hydrogen (secondary N) is 1. The van der Waals surface area contributed by atoms with Crippen LogP contribution in [-0.4, -0.2) is 39.6 Å². The van der Waals surface area contributed by atoms with Crippen molar-refractivity contribution in [2.24, 2.45) is 0 Å². The fourth-order valence-corrected chi connectivity index (χ4v) is 1.88. The summed E-state index contributed by atoms with van der Waals surface area (Å²) in [6, 6.07) is 3.80. The van der Waals surface area contributed by atoms with Gasteiger partial charge in [0, 0.05) is 37.6 Å². The predicted molar refractivity (Wildman–Crippen MR) is 80.8 cm³/mol. The van der Waals surface area contributed by atoms with Gasteiger partial charge in [-0.3, -0.25) is 4.98 Å². The van der Waals surface area contributed by atoms with Crippen LogP contribution < -0.4 is 10.2 Å². The fraction of sp³-hybridized carbons (Fsp3) is 0.429. The molecule has 0 spiro atoms. The minimum atomic E-state index is 0.608. The standard InChI is InChI=1S/C14H20N6/c1-4-16-13-17-12(11-7-9-15-10-8-11)18-14(19-13)20(5-2)6-3/h7-10H,4-6H2,1-3H3,(H,16,17,18,19). The highest BCUT2D eigenvalue weighted by atomic mass is 15.3. The maximum absolute atomic E-state index is 4.56. The third kappa shape index (κ3) is 3.20. The molecule has 0 aliphatic rings. The summed E-state index contributed by atoms with van der Waals surface area (Å²) in [5.41, 5.74) is 0.940. The second-order valence-corrected chi connectivity index (χ2v) is 4.22. The van der Waals surface area contributed by atoms with Crippen molar-refractivity contribution in [1.82, 2.24) is 19.9 Å². The summed E-state index contributed by atoms with van der Waals surface area (Å²) < 4.78 is 0. The number of aromatic nitrogens is 4. The van der Waals surface area contributed by atoms with E-state index in [0.717, 1.165) is 25.2 Å². The zero-order valence-corrected chi connectivity index (χ0v) is 12.2. The molecule has 2 aromatic heterocycles. The zero-order valence-electron chi connectivity index (χ0n) is 12.2. The topological polar surface area (TPSA) is 66.8 Å². The molecule has 6 nitrogen and oxygen atoms in total. The summed E-state index contributed by atoms with van der Waals surface area (Å²) in [5, 5.41) is 3.16. The first-order chi connectivity index (χ1) is 9.78. The van der Waals surface area contributed by atoms with E-state index in [1.165, 1.54) is 0 Å². The molecule has 2 rings (SSSR count). The summed E-state index contributed by atoms with van der Waals surface area (Å²) in [6.45, 7) is 8.70. The molecule has 106 valence electrons. The van der Waals surface area contributed by atoms with Crippen LogP contribution in [0.4, 0.5) is 11.9 Å². The first kappa shape index (κ1) is 14.2. The van der Waals surface area contributed by atoms with Gasteiger partial charge in [-0.2, -0.15) is 15.0 Å². The van der Waals surface area contributed by atoms with Crippen molar-refractivity contribution in [3.05, 3.63) is 24.5 Å². The molecule has 0 bridgehead atoms. The second kappa shape index (κ2) is 6.79. The highest BCUT2D eigenvalue weighted by Gasteiger charge is 2.11. The minimum absolute atomic E-state index is 0.608. The van der Waals surface area contributed by atoms with Gasteiger partial charge in [-0.05, 0) is 32.9 Å². The van der Waals surface area contributed by atoms with E-state index in [1.54, 1.807) is 12.4 Å². The molecule has 6 heteroatoms. The number of hydrogen-bond acceptors (Lipinski definition) is 6. The van der Waals surface area contributed by atoms with Crippen molar-refractivity contribution >= 4 is 11.9 Å². The Kier molecular flexibility index (Phi) is 4.81. The van der Waals surface area contributed by atoms with Gasteiger partial charge in [-0.25, -0.2) is 0 Å². The lowest BCUT2D eigenvalue weighted by Gasteiger charge is -2.19. The molecule has 0 aliphatic carbocycles. The van der Waals surface area contributed by atoms with E-state index >= 15 is 0 Å². The molecule has 2 aromatic rings. The molecule has 1 N–H and O–H groups in total. The average Bonchev–Trinajstić information content (AvgIpc) is 2.50. The molecule has 0 saturated heterocycles. The Morgan fingerprint density at radius 3 is 2.30 bits per heavy atom. The van der Waals surface area contributed by atoms with Crippen molar-refractivity contribution in [1.29, 1.82) is 0 Å². The lowest BCUT2D eigenvalue weighted by molar-refractivity contribution is 0.813. The predicted octanol–water partition coefficient (Wildman–Crippen LogP) is 2.21. The van der Waals surface area contributed by atoms with Crippen molar-refractivity contribution < 1.29 is 0 Å². The molecule has 20 heavy (non-hydrogen) atoms.